The lowest BCUT2D eigenvalue weighted by Gasteiger charge is -2.41. The number of aryl methyl sites for hydroxylation is 1. The predicted molar refractivity (Wildman–Crippen MR) is 95.6 cm³/mol. The van der Waals surface area contributed by atoms with E-state index < -0.39 is 11.9 Å². The number of halogens is 3. The normalized spacial score (nSPS) is 14.9. The van der Waals surface area contributed by atoms with Crippen LogP contribution in [0.2, 0.25) is 0 Å². The summed E-state index contributed by atoms with van der Waals surface area (Å²) in [6, 6.07) is 5.55. The first-order valence-corrected chi connectivity index (χ1v) is 8.41. The van der Waals surface area contributed by atoms with Crippen molar-refractivity contribution in [3.8, 4) is 0 Å². The van der Waals surface area contributed by atoms with E-state index in [-0.39, 0.29) is 17.6 Å². The number of carbonyl (C=O) groups is 1. The number of carbonyl (C=O) groups excluding carboxylic acids is 1. The second-order valence-electron chi connectivity index (χ2n) is 6.58. The van der Waals surface area contributed by atoms with E-state index in [1.54, 1.807) is 24.1 Å². The quantitative estimate of drug-likeness (QED) is 0.658. The summed E-state index contributed by atoms with van der Waals surface area (Å²) in [5, 5.41) is 10.7. The molecular weight excluding hydrogens is 375 g/mol. The number of alkyl halides is 3. The Kier molecular flexibility index (Phi) is 4.09. The minimum absolute atomic E-state index is 0.199. The molecule has 1 aliphatic rings. The molecule has 1 aromatic carbocycles. The molecule has 1 fully saturated rings. The summed E-state index contributed by atoms with van der Waals surface area (Å²) in [4.78, 5) is 17.6. The third kappa shape index (κ3) is 3.08. The van der Waals surface area contributed by atoms with Crippen LogP contribution in [0.3, 0.4) is 0 Å². The summed E-state index contributed by atoms with van der Waals surface area (Å²) < 4.78 is 39.8. The van der Waals surface area contributed by atoms with Crippen LogP contribution in [0.4, 0.5) is 24.5 Å². The van der Waals surface area contributed by atoms with Crippen molar-refractivity contribution in [3.63, 3.8) is 0 Å². The highest BCUT2D eigenvalue weighted by Gasteiger charge is 2.35. The van der Waals surface area contributed by atoms with Gasteiger partial charge in [0.25, 0.3) is 5.91 Å². The van der Waals surface area contributed by atoms with Crippen molar-refractivity contribution in [1.29, 1.82) is 0 Å². The Labute approximate surface area is 157 Å². The number of pyridine rings is 1. The van der Waals surface area contributed by atoms with Gasteiger partial charge >= 0.3 is 6.18 Å². The lowest BCUT2D eigenvalue weighted by molar-refractivity contribution is -0.141. The molecule has 0 bridgehead atoms. The number of benzene rings is 1. The molecule has 146 valence electrons. The topological polar surface area (TPSA) is 102 Å². The first-order valence-electron chi connectivity index (χ1n) is 8.41. The van der Waals surface area contributed by atoms with E-state index in [4.69, 9.17) is 5.73 Å². The summed E-state index contributed by atoms with van der Waals surface area (Å²) in [5.41, 5.74) is 7.30. The summed E-state index contributed by atoms with van der Waals surface area (Å²) in [7, 11) is 1.68. The molecule has 3 N–H and O–H groups in total. The van der Waals surface area contributed by atoms with Gasteiger partial charge in [0.15, 0.2) is 0 Å². The van der Waals surface area contributed by atoms with Crippen molar-refractivity contribution in [2.75, 3.05) is 23.7 Å². The van der Waals surface area contributed by atoms with Crippen molar-refractivity contribution in [2.45, 2.75) is 12.2 Å². The molecular formula is C17H16F3N7O. The molecule has 11 heteroatoms. The van der Waals surface area contributed by atoms with Crippen LogP contribution in [-0.2, 0) is 13.2 Å². The number of fused-ring (bicyclic) bond motifs is 1. The van der Waals surface area contributed by atoms with Crippen molar-refractivity contribution in [2.24, 2.45) is 7.05 Å². The lowest BCUT2D eigenvalue weighted by Crippen LogP contribution is -2.59. The molecule has 28 heavy (non-hydrogen) atoms. The fourth-order valence-corrected chi connectivity index (χ4v) is 3.19. The fourth-order valence-electron chi connectivity index (χ4n) is 3.19. The number of aromatic nitrogens is 4. The van der Waals surface area contributed by atoms with Gasteiger partial charge in [-0.1, -0.05) is 5.21 Å². The SMILES string of the molecule is Cn1nnc2ccc(C(=O)NC3CN(c4ccnc(C(F)(F)F)c4)C3)c(N)c21. The maximum Gasteiger partial charge on any atom is 0.433 e. The molecule has 1 aliphatic heterocycles. The Morgan fingerprint density at radius 3 is 2.75 bits per heavy atom. The van der Waals surface area contributed by atoms with E-state index >= 15 is 0 Å². The van der Waals surface area contributed by atoms with Crippen LogP contribution in [0, 0.1) is 0 Å². The number of nitrogens with two attached hydrogens (primary N) is 1. The number of nitrogen functional groups attached to an aromatic ring is 1. The molecule has 1 saturated heterocycles. The molecule has 0 radical (unpaired) electrons. The van der Waals surface area contributed by atoms with Crippen LogP contribution in [0.25, 0.3) is 11.0 Å². The monoisotopic (exact) mass is 391 g/mol. The van der Waals surface area contributed by atoms with E-state index in [0.717, 1.165) is 12.3 Å². The second-order valence-corrected chi connectivity index (χ2v) is 6.58. The standard InChI is InChI=1S/C17H16F3N7O/c1-26-15-12(24-25-26)3-2-11(14(15)21)16(28)23-9-7-27(8-9)10-4-5-22-13(6-10)17(18,19)20/h2-6,9H,7-8,21H2,1H3,(H,23,28). The van der Waals surface area contributed by atoms with Gasteiger partial charge in [-0.3, -0.25) is 9.78 Å². The van der Waals surface area contributed by atoms with E-state index in [9.17, 15) is 18.0 Å². The van der Waals surface area contributed by atoms with Crippen molar-refractivity contribution >= 4 is 28.3 Å². The molecule has 0 atom stereocenters. The van der Waals surface area contributed by atoms with Gasteiger partial charge in [-0.15, -0.1) is 5.10 Å². The number of amides is 1. The summed E-state index contributed by atoms with van der Waals surface area (Å²) in [6.45, 7) is 0.783. The average molecular weight is 391 g/mol. The van der Waals surface area contributed by atoms with Gasteiger partial charge in [-0.25, -0.2) is 4.68 Å². The Morgan fingerprint density at radius 1 is 1.29 bits per heavy atom. The molecule has 0 unspecified atom stereocenters. The summed E-state index contributed by atoms with van der Waals surface area (Å²) >= 11 is 0. The Morgan fingerprint density at radius 2 is 2.04 bits per heavy atom. The maximum atomic E-state index is 12.8. The highest BCUT2D eigenvalue weighted by atomic mass is 19.4. The number of anilines is 2. The molecule has 3 aromatic rings. The molecule has 1 amide bonds. The summed E-state index contributed by atoms with van der Waals surface area (Å²) in [6.07, 6.45) is -3.37. The largest absolute Gasteiger partial charge is 0.433 e. The maximum absolute atomic E-state index is 12.8. The molecule has 0 aliphatic carbocycles. The molecule has 0 saturated carbocycles. The van der Waals surface area contributed by atoms with Gasteiger partial charge in [0.05, 0.1) is 17.3 Å². The second kappa shape index (κ2) is 6.36. The third-order valence-electron chi connectivity index (χ3n) is 4.67. The Bertz CT molecular complexity index is 1060. The smallest absolute Gasteiger partial charge is 0.396 e. The molecule has 3 heterocycles. The van der Waals surface area contributed by atoms with E-state index in [1.165, 1.54) is 10.7 Å². The van der Waals surface area contributed by atoms with Gasteiger partial charge in [0.2, 0.25) is 0 Å². The van der Waals surface area contributed by atoms with Gasteiger partial charge in [0.1, 0.15) is 16.7 Å². The number of nitrogens with one attached hydrogen (secondary N) is 1. The molecule has 4 rings (SSSR count). The van der Waals surface area contributed by atoms with Crippen LogP contribution >= 0.6 is 0 Å². The highest BCUT2D eigenvalue weighted by molar-refractivity contribution is 6.05. The van der Waals surface area contributed by atoms with E-state index in [1.807, 2.05) is 0 Å². The van der Waals surface area contributed by atoms with E-state index in [0.29, 0.717) is 35.4 Å². The number of rotatable bonds is 3. The van der Waals surface area contributed by atoms with Crippen LogP contribution in [-0.4, -0.2) is 45.0 Å². The van der Waals surface area contributed by atoms with Crippen molar-refractivity contribution in [3.05, 3.63) is 41.7 Å². The van der Waals surface area contributed by atoms with Gasteiger partial charge in [-0.2, -0.15) is 13.2 Å². The number of nitrogens with zero attached hydrogens (tertiary/aromatic N) is 5. The number of hydrogen-bond donors (Lipinski definition) is 2. The average Bonchev–Trinajstić information content (AvgIpc) is 2.99. The minimum Gasteiger partial charge on any atom is -0.396 e. The van der Waals surface area contributed by atoms with Crippen LogP contribution in [0.5, 0.6) is 0 Å². The zero-order valence-corrected chi connectivity index (χ0v) is 14.7. The molecule has 8 nitrogen and oxygen atoms in total. The fraction of sp³-hybridized carbons (Fsp3) is 0.294. The zero-order valence-electron chi connectivity index (χ0n) is 14.7. The zero-order chi connectivity index (χ0) is 20.1. The van der Waals surface area contributed by atoms with Gasteiger partial charge < -0.3 is 16.0 Å². The molecule has 2 aromatic heterocycles. The van der Waals surface area contributed by atoms with Crippen molar-refractivity contribution in [1.82, 2.24) is 25.3 Å². The van der Waals surface area contributed by atoms with Gasteiger partial charge in [0, 0.05) is 32.0 Å². The van der Waals surface area contributed by atoms with Crippen LogP contribution < -0.4 is 16.0 Å². The van der Waals surface area contributed by atoms with Crippen LogP contribution in [0.15, 0.2) is 30.5 Å². The predicted octanol–water partition coefficient (Wildman–Crippen LogP) is 1.58. The van der Waals surface area contributed by atoms with Crippen LogP contribution in [0.1, 0.15) is 16.1 Å². The van der Waals surface area contributed by atoms with E-state index in [2.05, 4.69) is 20.6 Å². The first-order chi connectivity index (χ1) is 13.2. The summed E-state index contributed by atoms with van der Waals surface area (Å²) in [5.74, 6) is -0.351. The third-order valence-corrected chi connectivity index (χ3v) is 4.67. The number of hydrogen-bond acceptors (Lipinski definition) is 6. The first kappa shape index (κ1) is 18.0. The Balaban J connectivity index is 1.43. The minimum atomic E-state index is -4.49. The Hall–Kier alpha value is -3.37. The molecule has 0 spiro atoms. The highest BCUT2D eigenvalue weighted by Crippen LogP contribution is 2.31. The van der Waals surface area contributed by atoms with Crippen molar-refractivity contribution < 1.29 is 18.0 Å². The lowest BCUT2D eigenvalue weighted by atomic mass is 10.1. The van der Waals surface area contributed by atoms with Gasteiger partial charge in [-0.05, 0) is 24.3 Å².